The standard InChI is InChI=1S/C19H22ClN3O2/c1-2-23-10-11-25-17(18(23)14-6-4-3-5-7-14)13-22-19(24)15-8-9-21-12-16(15)20/h3-9,12,17-18H,2,10-11,13H2,1H3,(H,22,24)/t17-,18-/m0/s1. The fraction of sp³-hybridized carbons (Fsp3) is 0.368. The van der Waals surface area contributed by atoms with Crippen molar-refractivity contribution < 1.29 is 9.53 Å². The van der Waals surface area contributed by atoms with Gasteiger partial charge in [-0.1, -0.05) is 48.9 Å². The second-order valence-corrected chi connectivity index (χ2v) is 6.37. The summed E-state index contributed by atoms with van der Waals surface area (Å²) in [5.74, 6) is -0.212. The Kier molecular flexibility index (Phi) is 6.02. The maximum atomic E-state index is 12.4. The molecule has 0 saturated carbocycles. The molecule has 0 radical (unpaired) electrons. The van der Waals surface area contributed by atoms with Crippen molar-refractivity contribution in [3.05, 3.63) is 64.9 Å². The SMILES string of the molecule is CCN1CCO[C@@H](CNC(=O)c2ccncc2Cl)[C@@H]1c1ccccc1. The topological polar surface area (TPSA) is 54.5 Å². The Labute approximate surface area is 153 Å². The van der Waals surface area contributed by atoms with Crippen LogP contribution < -0.4 is 5.32 Å². The van der Waals surface area contributed by atoms with Crippen LogP contribution in [0, 0.1) is 0 Å². The maximum Gasteiger partial charge on any atom is 0.253 e. The summed E-state index contributed by atoms with van der Waals surface area (Å²) in [6.07, 6.45) is 2.92. The molecule has 1 fully saturated rings. The van der Waals surface area contributed by atoms with E-state index in [0.29, 0.717) is 23.7 Å². The van der Waals surface area contributed by atoms with Crippen LogP contribution in [-0.4, -0.2) is 48.1 Å². The molecule has 132 valence electrons. The number of carbonyl (C=O) groups excluding carboxylic acids is 1. The number of carbonyl (C=O) groups is 1. The van der Waals surface area contributed by atoms with Crippen LogP contribution in [0.2, 0.25) is 5.02 Å². The van der Waals surface area contributed by atoms with Crippen LogP contribution in [0.25, 0.3) is 0 Å². The van der Waals surface area contributed by atoms with E-state index >= 15 is 0 Å². The summed E-state index contributed by atoms with van der Waals surface area (Å²) in [5.41, 5.74) is 1.63. The first-order valence-corrected chi connectivity index (χ1v) is 8.86. The number of pyridine rings is 1. The molecule has 1 amide bonds. The van der Waals surface area contributed by atoms with Gasteiger partial charge >= 0.3 is 0 Å². The van der Waals surface area contributed by atoms with Gasteiger partial charge in [0, 0.05) is 25.5 Å². The summed E-state index contributed by atoms with van der Waals surface area (Å²) >= 11 is 6.05. The summed E-state index contributed by atoms with van der Waals surface area (Å²) < 4.78 is 5.99. The highest BCUT2D eigenvalue weighted by atomic mass is 35.5. The van der Waals surface area contributed by atoms with Crippen molar-refractivity contribution in [3.63, 3.8) is 0 Å². The predicted molar refractivity (Wildman–Crippen MR) is 97.8 cm³/mol. The maximum absolute atomic E-state index is 12.4. The summed E-state index contributed by atoms with van der Waals surface area (Å²) in [6, 6.07) is 12.0. The third-order valence-electron chi connectivity index (χ3n) is 4.48. The Hall–Kier alpha value is -1.95. The molecule has 5 nitrogen and oxygen atoms in total. The predicted octanol–water partition coefficient (Wildman–Crippen LogP) is 2.93. The molecular formula is C19H22ClN3O2. The molecule has 0 unspecified atom stereocenters. The van der Waals surface area contributed by atoms with Crippen LogP contribution in [0.5, 0.6) is 0 Å². The molecule has 1 saturated heterocycles. The first-order valence-electron chi connectivity index (χ1n) is 8.49. The number of benzene rings is 1. The number of ether oxygens (including phenoxy) is 1. The first kappa shape index (κ1) is 17.9. The van der Waals surface area contributed by atoms with Gasteiger partial charge in [0.15, 0.2) is 0 Å². The van der Waals surface area contributed by atoms with Gasteiger partial charge in [-0.2, -0.15) is 0 Å². The van der Waals surface area contributed by atoms with E-state index in [1.54, 1.807) is 12.3 Å². The normalized spacial score (nSPS) is 21.0. The number of hydrogen-bond donors (Lipinski definition) is 1. The Morgan fingerprint density at radius 1 is 1.36 bits per heavy atom. The molecule has 0 spiro atoms. The van der Waals surface area contributed by atoms with Gasteiger partial charge < -0.3 is 10.1 Å². The summed E-state index contributed by atoms with van der Waals surface area (Å²) in [7, 11) is 0. The number of halogens is 1. The highest BCUT2D eigenvalue weighted by molar-refractivity contribution is 6.33. The minimum atomic E-state index is -0.212. The third kappa shape index (κ3) is 4.18. The quantitative estimate of drug-likeness (QED) is 0.891. The van der Waals surface area contributed by atoms with Crippen molar-refractivity contribution in [2.45, 2.75) is 19.1 Å². The number of amides is 1. The summed E-state index contributed by atoms with van der Waals surface area (Å²) in [6.45, 7) is 5.05. The number of likely N-dealkylation sites (N-methyl/N-ethyl adjacent to an activating group) is 1. The monoisotopic (exact) mass is 359 g/mol. The van der Waals surface area contributed by atoms with Gasteiger partial charge in [-0.05, 0) is 18.2 Å². The Morgan fingerprint density at radius 3 is 2.88 bits per heavy atom. The molecule has 1 aliphatic rings. The van der Waals surface area contributed by atoms with Gasteiger partial charge in [0.1, 0.15) is 0 Å². The van der Waals surface area contributed by atoms with Crippen LogP contribution >= 0.6 is 11.6 Å². The lowest BCUT2D eigenvalue weighted by molar-refractivity contribution is -0.0685. The molecular weight excluding hydrogens is 338 g/mol. The number of nitrogens with one attached hydrogen (secondary N) is 1. The molecule has 0 aliphatic carbocycles. The van der Waals surface area contributed by atoms with Gasteiger partial charge in [0.25, 0.3) is 5.91 Å². The van der Waals surface area contributed by atoms with E-state index in [4.69, 9.17) is 16.3 Å². The van der Waals surface area contributed by atoms with Crippen molar-refractivity contribution >= 4 is 17.5 Å². The average molecular weight is 360 g/mol. The zero-order valence-electron chi connectivity index (χ0n) is 14.2. The van der Waals surface area contributed by atoms with E-state index in [1.807, 2.05) is 18.2 Å². The Balaban J connectivity index is 1.73. The fourth-order valence-corrected chi connectivity index (χ4v) is 3.44. The van der Waals surface area contributed by atoms with E-state index < -0.39 is 0 Å². The Bertz CT molecular complexity index is 711. The lowest BCUT2D eigenvalue weighted by Crippen LogP contribution is -2.49. The number of rotatable bonds is 5. The third-order valence-corrected chi connectivity index (χ3v) is 4.79. The number of nitrogens with zero attached hydrogens (tertiary/aromatic N) is 2. The average Bonchev–Trinajstić information content (AvgIpc) is 2.66. The van der Waals surface area contributed by atoms with Gasteiger partial charge in [0.2, 0.25) is 0 Å². The zero-order valence-corrected chi connectivity index (χ0v) is 14.9. The molecule has 1 aliphatic heterocycles. The smallest absolute Gasteiger partial charge is 0.253 e. The van der Waals surface area contributed by atoms with Crippen molar-refractivity contribution in [1.82, 2.24) is 15.2 Å². The van der Waals surface area contributed by atoms with Gasteiger partial charge in [-0.15, -0.1) is 0 Å². The second kappa shape index (κ2) is 8.43. The van der Waals surface area contributed by atoms with Crippen LogP contribution in [0.4, 0.5) is 0 Å². The van der Waals surface area contributed by atoms with Crippen LogP contribution in [0.15, 0.2) is 48.8 Å². The second-order valence-electron chi connectivity index (χ2n) is 5.96. The Morgan fingerprint density at radius 2 is 2.16 bits per heavy atom. The number of morpholine rings is 1. The number of hydrogen-bond acceptors (Lipinski definition) is 4. The van der Waals surface area contributed by atoms with Gasteiger partial charge in [-0.25, -0.2) is 0 Å². The fourth-order valence-electron chi connectivity index (χ4n) is 3.24. The number of aromatic nitrogens is 1. The minimum Gasteiger partial charge on any atom is -0.373 e. The van der Waals surface area contributed by atoms with Gasteiger partial charge in [-0.3, -0.25) is 14.7 Å². The van der Waals surface area contributed by atoms with E-state index in [9.17, 15) is 4.79 Å². The van der Waals surface area contributed by atoms with E-state index in [-0.39, 0.29) is 18.1 Å². The molecule has 1 aromatic carbocycles. The lowest BCUT2D eigenvalue weighted by Gasteiger charge is -2.41. The molecule has 3 rings (SSSR count). The molecule has 1 N–H and O–H groups in total. The highest BCUT2D eigenvalue weighted by Gasteiger charge is 2.33. The molecule has 1 aromatic heterocycles. The molecule has 2 atom stereocenters. The van der Waals surface area contributed by atoms with E-state index in [1.165, 1.54) is 11.8 Å². The van der Waals surface area contributed by atoms with E-state index in [0.717, 1.165) is 13.1 Å². The van der Waals surface area contributed by atoms with E-state index in [2.05, 4.69) is 34.3 Å². The minimum absolute atomic E-state index is 0.110. The summed E-state index contributed by atoms with van der Waals surface area (Å²) in [4.78, 5) is 18.7. The molecule has 0 bridgehead atoms. The molecule has 2 aromatic rings. The van der Waals surface area contributed by atoms with Crippen LogP contribution in [0.3, 0.4) is 0 Å². The molecule has 6 heteroatoms. The van der Waals surface area contributed by atoms with Crippen LogP contribution in [0.1, 0.15) is 28.9 Å². The zero-order chi connectivity index (χ0) is 17.6. The van der Waals surface area contributed by atoms with Gasteiger partial charge in [0.05, 0.1) is 29.3 Å². The summed E-state index contributed by atoms with van der Waals surface area (Å²) in [5, 5.41) is 3.30. The first-order chi connectivity index (χ1) is 12.2. The van der Waals surface area contributed by atoms with Crippen LogP contribution in [-0.2, 0) is 4.74 Å². The van der Waals surface area contributed by atoms with Crippen molar-refractivity contribution in [3.8, 4) is 0 Å². The lowest BCUT2D eigenvalue weighted by atomic mass is 9.97. The largest absolute Gasteiger partial charge is 0.373 e. The van der Waals surface area contributed by atoms with Crippen molar-refractivity contribution in [1.29, 1.82) is 0 Å². The van der Waals surface area contributed by atoms with Crippen molar-refractivity contribution in [2.75, 3.05) is 26.2 Å². The van der Waals surface area contributed by atoms with Crippen molar-refractivity contribution in [2.24, 2.45) is 0 Å². The molecule has 25 heavy (non-hydrogen) atoms. The highest BCUT2D eigenvalue weighted by Crippen LogP contribution is 2.29. The molecule has 2 heterocycles.